The Bertz CT molecular complexity index is 308. The molecule has 1 aromatic carbocycles. The molecule has 0 N–H and O–H groups in total. The first kappa shape index (κ1) is 11.6. The Morgan fingerprint density at radius 1 is 1.50 bits per heavy atom. The summed E-state index contributed by atoms with van der Waals surface area (Å²) in [6.45, 7) is 6.41. The Kier molecular flexibility index (Phi) is 4.49. The van der Waals surface area contributed by atoms with E-state index in [0.717, 1.165) is 16.3 Å². The fourth-order valence-corrected chi connectivity index (χ4v) is 1.64. The number of hydrogen-bond donors (Lipinski definition) is 0. The van der Waals surface area contributed by atoms with Crippen LogP contribution in [0.25, 0.3) is 0 Å². The number of rotatable bonds is 4. The summed E-state index contributed by atoms with van der Waals surface area (Å²) in [5.41, 5.74) is 1.09. The van der Waals surface area contributed by atoms with Gasteiger partial charge in [0.15, 0.2) is 0 Å². The van der Waals surface area contributed by atoms with Gasteiger partial charge in [-0.1, -0.05) is 46.2 Å². The summed E-state index contributed by atoms with van der Waals surface area (Å²) in [5, 5.41) is 0.732. The summed E-state index contributed by atoms with van der Waals surface area (Å²) in [7, 11) is 0. The fraction of sp³-hybridized carbons (Fsp3) is 0.273. The Balaban J connectivity index is 2.73. The van der Waals surface area contributed by atoms with E-state index >= 15 is 0 Å². The van der Waals surface area contributed by atoms with Gasteiger partial charge in [-0.15, -0.1) is 0 Å². The van der Waals surface area contributed by atoms with Crippen molar-refractivity contribution < 1.29 is 4.74 Å². The smallest absolute Gasteiger partial charge is 0.107 e. The van der Waals surface area contributed by atoms with Crippen LogP contribution in [0.5, 0.6) is 0 Å². The van der Waals surface area contributed by atoms with E-state index in [1.54, 1.807) is 0 Å². The summed E-state index contributed by atoms with van der Waals surface area (Å²) < 4.78 is 5.31. The molecule has 0 heterocycles. The minimum Gasteiger partial charge on any atom is -0.497 e. The maximum Gasteiger partial charge on any atom is 0.107 e. The van der Waals surface area contributed by atoms with Crippen molar-refractivity contribution in [1.29, 1.82) is 0 Å². The molecule has 3 heteroatoms. The number of allylic oxidation sites excluding steroid dienone is 1. The highest BCUT2D eigenvalue weighted by molar-refractivity contribution is 9.09. The predicted molar refractivity (Wildman–Crippen MR) is 63.9 cm³/mol. The molecule has 0 aromatic heterocycles. The van der Waals surface area contributed by atoms with Crippen LogP contribution in [0, 0.1) is 0 Å². The molecule has 0 saturated heterocycles. The van der Waals surface area contributed by atoms with Gasteiger partial charge in [0.1, 0.15) is 5.76 Å². The third-order valence-corrected chi connectivity index (χ3v) is 3.07. The Hall–Kier alpha value is -0.470. The number of hydrogen-bond acceptors (Lipinski definition) is 1. The van der Waals surface area contributed by atoms with Crippen molar-refractivity contribution >= 4 is 27.5 Å². The van der Waals surface area contributed by atoms with E-state index in [-0.39, 0.29) is 4.83 Å². The van der Waals surface area contributed by atoms with Crippen molar-refractivity contribution in [1.82, 2.24) is 0 Å². The molecule has 0 radical (unpaired) electrons. The lowest BCUT2D eigenvalue weighted by atomic mass is 10.1. The highest BCUT2D eigenvalue weighted by atomic mass is 79.9. The largest absolute Gasteiger partial charge is 0.497 e. The van der Waals surface area contributed by atoms with Crippen LogP contribution < -0.4 is 0 Å². The number of halogens is 2. The second-order valence-electron chi connectivity index (χ2n) is 2.81. The van der Waals surface area contributed by atoms with E-state index in [2.05, 4.69) is 22.5 Å². The molecule has 76 valence electrons. The van der Waals surface area contributed by atoms with Crippen LogP contribution in [0.3, 0.4) is 0 Å². The molecular formula is C11H12BrClO. The molecule has 0 aliphatic rings. The summed E-state index contributed by atoms with van der Waals surface area (Å²) in [4.78, 5) is 0.0275. The summed E-state index contributed by atoms with van der Waals surface area (Å²) in [6, 6.07) is 7.60. The maximum atomic E-state index is 5.79. The third kappa shape index (κ3) is 3.03. The molecule has 0 fully saturated rings. The summed E-state index contributed by atoms with van der Waals surface area (Å²) >= 11 is 9.30. The van der Waals surface area contributed by atoms with Gasteiger partial charge in [-0.3, -0.25) is 0 Å². The highest BCUT2D eigenvalue weighted by Gasteiger charge is 2.11. The third-order valence-electron chi connectivity index (χ3n) is 1.78. The van der Waals surface area contributed by atoms with E-state index in [9.17, 15) is 0 Å². The van der Waals surface area contributed by atoms with Crippen molar-refractivity contribution in [3.8, 4) is 0 Å². The van der Waals surface area contributed by atoms with Crippen LogP contribution in [-0.4, -0.2) is 6.61 Å². The Morgan fingerprint density at radius 3 is 2.57 bits per heavy atom. The highest BCUT2D eigenvalue weighted by Crippen LogP contribution is 2.30. The zero-order chi connectivity index (χ0) is 10.6. The first-order valence-corrected chi connectivity index (χ1v) is 5.65. The molecule has 1 aromatic rings. The molecule has 14 heavy (non-hydrogen) atoms. The maximum absolute atomic E-state index is 5.79. The molecule has 1 nitrogen and oxygen atoms in total. The summed E-state index contributed by atoms with van der Waals surface area (Å²) in [6.07, 6.45) is 0. The average molecular weight is 276 g/mol. The van der Waals surface area contributed by atoms with Crippen molar-refractivity contribution in [3.05, 3.63) is 47.2 Å². The van der Waals surface area contributed by atoms with Gasteiger partial charge in [0.05, 0.1) is 11.4 Å². The van der Waals surface area contributed by atoms with Gasteiger partial charge in [-0.05, 0) is 24.6 Å². The lowest BCUT2D eigenvalue weighted by Crippen LogP contribution is -1.98. The van der Waals surface area contributed by atoms with Crippen LogP contribution in [0.1, 0.15) is 17.3 Å². The van der Waals surface area contributed by atoms with Crippen LogP contribution in [0.4, 0.5) is 0 Å². The molecule has 0 amide bonds. The topological polar surface area (TPSA) is 9.23 Å². The molecule has 0 saturated carbocycles. The lowest BCUT2D eigenvalue weighted by molar-refractivity contribution is 0.224. The quantitative estimate of drug-likeness (QED) is 0.587. The van der Waals surface area contributed by atoms with Crippen molar-refractivity contribution in [2.45, 2.75) is 11.8 Å². The van der Waals surface area contributed by atoms with Gasteiger partial charge in [0.25, 0.3) is 0 Å². The molecule has 0 spiro atoms. The predicted octanol–water partition coefficient (Wildman–Crippen LogP) is 4.33. The van der Waals surface area contributed by atoms with Crippen LogP contribution in [-0.2, 0) is 4.74 Å². The van der Waals surface area contributed by atoms with E-state index in [0.29, 0.717) is 6.61 Å². The van der Waals surface area contributed by atoms with Crippen LogP contribution >= 0.6 is 27.5 Å². The van der Waals surface area contributed by atoms with Gasteiger partial charge in [-0.2, -0.15) is 0 Å². The van der Waals surface area contributed by atoms with Gasteiger partial charge >= 0.3 is 0 Å². The Morgan fingerprint density at radius 2 is 2.07 bits per heavy atom. The molecule has 0 aliphatic heterocycles. The van der Waals surface area contributed by atoms with Gasteiger partial charge in [-0.25, -0.2) is 0 Å². The average Bonchev–Trinajstić information content (AvgIpc) is 2.18. The van der Waals surface area contributed by atoms with E-state index < -0.39 is 0 Å². The molecule has 1 unspecified atom stereocenters. The van der Waals surface area contributed by atoms with E-state index in [1.165, 1.54) is 0 Å². The molecule has 0 aliphatic carbocycles. The Labute approximate surface area is 97.9 Å². The van der Waals surface area contributed by atoms with Crippen LogP contribution in [0.15, 0.2) is 36.6 Å². The second-order valence-corrected chi connectivity index (χ2v) is 4.17. The molecule has 1 rings (SSSR count). The van der Waals surface area contributed by atoms with Crippen LogP contribution in [0.2, 0.25) is 5.02 Å². The minimum absolute atomic E-state index is 0.0275. The number of alkyl halides is 1. The second kappa shape index (κ2) is 5.42. The van der Waals surface area contributed by atoms with Crippen molar-refractivity contribution in [3.63, 3.8) is 0 Å². The zero-order valence-corrected chi connectivity index (χ0v) is 10.3. The van der Waals surface area contributed by atoms with E-state index in [4.69, 9.17) is 16.3 Å². The molecular weight excluding hydrogens is 263 g/mol. The van der Waals surface area contributed by atoms with Gasteiger partial charge in [0, 0.05) is 5.02 Å². The van der Waals surface area contributed by atoms with Gasteiger partial charge < -0.3 is 4.74 Å². The van der Waals surface area contributed by atoms with Crippen molar-refractivity contribution in [2.75, 3.05) is 6.61 Å². The number of benzene rings is 1. The normalized spacial score (nSPS) is 12.2. The van der Waals surface area contributed by atoms with Crippen molar-refractivity contribution in [2.24, 2.45) is 0 Å². The summed E-state index contributed by atoms with van der Waals surface area (Å²) in [5.74, 6) is 0.717. The minimum atomic E-state index is 0.0275. The monoisotopic (exact) mass is 274 g/mol. The number of ether oxygens (including phenoxy) is 1. The first-order valence-electron chi connectivity index (χ1n) is 4.36. The first-order chi connectivity index (χ1) is 6.65. The van der Waals surface area contributed by atoms with Gasteiger partial charge in [0.2, 0.25) is 0 Å². The molecule has 0 bridgehead atoms. The standard InChI is InChI=1S/C11H12BrClO/c1-3-14-8(2)11(12)9-4-6-10(13)7-5-9/h4-7,11H,2-3H2,1H3. The lowest BCUT2D eigenvalue weighted by Gasteiger charge is -2.13. The zero-order valence-electron chi connectivity index (χ0n) is 7.97. The SMILES string of the molecule is C=C(OCC)C(Br)c1ccc(Cl)cc1. The fourth-order valence-electron chi connectivity index (χ4n) is 1.08. The molecule has 1 atom stereocenters. The van der Waals surface area contributed by atoms with E-state index in [1.807, 2.05) is 31.2 Å².